The third kappa shape index (κ3) is 5.86. The first kappa shape index (κ1) is 16.2. The molecule has 0 radical (unpaired) electrons. The van der Waals surface area contributed by atoms with Crippen LogP contribution in [-0.4, -0.2) is 51.3 Å². The first-order chi connectivity index (χ1) is 9.67. The summed E-state index contributed by atoms with van der Waals surface area (Å²) in [5.41, 5.74) is 7.27. The second-order valence-electron chi connectivity index (χ2n) is 4.31. The standard InChI is InChI=1S/C15H22N2O3/c1-19-10-8-17(9-11-20-2)15(18)7-6-13-4-3-5-14(16)12-13/h3-7,12H,8-11,16H2,1-2H3/b7-6+. The Kier molecular flexibility index (Phi) is 7.39. The molecule has 2 N–H and O–H groups in total. The number of amides is 1. The molecular formula is C15H22N2O3. The molecule has 0 aliphatic rings. The van der Waals surface area contributed by atoms with E-state index in [2.05, 4.69) is 0 Å². The number of rotatable bonds is 8. The van der Waals surface area contributed by atoms with Crippen LogP contribution in [0.4, 0.5) is 5.69 Å². The summed E-state index contributed by atoms with van der Waals surface area (Å²) in [5.74, 6) is -0.0680. The molecule has 1 aromatic rings. The van der Waals surface area contributed by atoms with Crippen LogP contribution < -0.4 is 5.73 Å². The van der Waals surface area contributed by atoms with Crippen molar-refractivity contribution in [3.63, 3.8) is 0 Å². The van der Waals surface area contributed by atoms with Gasteiger partial charge in [-0.3, -0.25) is 4.79 Å². The monoisotopic (exact) mass is 278 g/mol. The largest absolute Gasteiger partial charge is 0.399 e. The fourth-order valence-corrected chi connectivity index (χ4v) is 1.67. The van der Waals surface area contributed by atoms with Gasteiger partial charge < -0.3 is 20.1 Å². The number of nitrogens with zero attached hydrogens (tertiary/aromatic N) is 1. The van der Waals surface area contributed by atoms with E-state index in [4.69, 9.17) is 15.2 Å². The van der Waals surface area contributed by atoms with Crippen molar-refractivity contribution in [2.24, 2.45) is 0 Å². The van der Waals surface area contributed by atoms with E-state index >= 15 is 0 Å². The molecular weight excluding hydrogens is 256 g/mol. The Labute approximate surface area is 120 Å². The van der Waals surface area contributed by atoms with Gasteiger partial charge in [-0.25, -0.2) is 0 Å². The van der Waals surface area contributed by atoms with E-state index in [0.29, 0.717) is 32.0 Å². The van der Waals surface area contributed by atoms with Crippen molar-refractivity contribution in [3.8, 4) is 0 Å². The number of carbonyl (C=O) groups excluding carboxylic acids is 1. The normalized spacial score (nSPS) is 10.9. The van der Waals surface area contributed by atoms with Crippen LogP contribution in [-0.2, 0) is 14.3 Å². The molecule has 0 saturated carbocycles. The van der Waals surface area contributed by atoms with Gasteiger partial charge in [0.1, 0.15) is 0 Å². The molecule has 5 nitrogen and oxygen atoms in total. The molecule has 1 rings (SSSR count). The van der Waals surface area contributed by atoms with Gasteiger partial charge in [-0.15, -0.1) is 0 Å². The Morgan fingerprint density at radius 2 is 1.90 bits per heavy atom. The highest BCUT2D eigenvalue weighted by Crippen LogP contribution is 2.08. The third-order valence-corrected chi connectivity index (χ3v) is 2.77. The Morgan fingerprint density at radius 3 is 2.45 bits per heavy atom. The SMILES string of the molecule is COCCN(CCOC)C(=O)/C=C/c1cccc(N)c1. The zero-order valence-corrected chi connectivity index (χ0v) is 12.0. The number of benzene rings is 1. The van der Waals surface area contributed by atoms with Gasteiger partial charge in [0.2, 0.25) is 5.91 Å². The summed E-state index contributed by atoms with van der Waals surface area (Å²) >= 11 is 0. The van der Waals surface area contributed by atoms with Crippen LogP contribution in [0.2, 0.25) is 0 Å². The highest BCUT2D eigenvalue weighted by atomic mass is 16.5. The van der Waals surface area contributed by atoms with E-state index in [1.807, 2.05) is 24.3 Å². The van der Waals surface area contributed by atoms with Gasteiger partial charge in [-0.1, -0.05) is 12.1 Å². The lowest BCUT2D eigenvalue weighted by Gasteiger charge is -2.20. The predicted octanol–water partition coefficient (Wildman–Crippen LogP) is 1.40. The van der Waals surface area contributed by atoms with E-state index < -0.39 is 0 Å². The van der Waals surface area contributed by atoms with Gasteiger partial charge in [-0.05, 0) is 23.8 Å². The smallest absolute Gasteiger partial charge is 0.246 e. The average molecular weight is 278 g/mol. The zero-order valence-electron chi connectivity index (χ0n) is 12.0. The highest BCUT2D eigenvalue weighted by Gasteiger charge is 2.09. The van der Waals surface area contributed by atoms with Gasteiger partial charge in [0.25, 0.3) is 0 Å². The van der Waals surface area contributed by atoms with Crippen molar-refractivity contribution in [1.29, 1.82) is 0 Å². The topological polar surface area (TPSA) is 64.8 Å². The zero-order chi connectivity index (χ0) is 14.8. The predicted molar refractivity (Wildman–Crippen MR) is 80.2 cm³/mol. The first-order valence-corrected chi connectivity index (χ1v) is 6.47. The quantitative estimate of drug-likeness (QED) is 0.577. The van der Waals surface area contributed by atoms with Crippen molar-refractivity contribution in [2.45, 2.75) is 0 Å². The summed E-state index contributed by atoms with van der Waals surface area (Å²) in [6.07, 6.45) is 3.30. The molecule has 1 aromatic carbocycles. The minimum Gasteiger partial charge on any atom is -0.399 e. The van der Waals surface area contributed by atoms with E-state index in [1.165, 1.54) is 0 Å². The van der Waals surface area contributed by atoms with Gasteiger partial charge in [0.15, 0.2) is 0 Å². The van der Waals surface area contributed by atoms with Crippen molar-refractivity contribution >= 4 is 17.7 Å². The molecule has 0 bridgehead atoms. The van der Waals surface area contributed by atoms with Crippen molar-refractivity contribution < 1.29 is 14.3 Å². The molecule has 0 aromatic heterocycles. The van der Waals surface area contributed by atoms with Crippen LogP contribution in [0, 0.1) is 0 Å². The van der Waals surface area contributed by atoms with Gasteiger partial charge in [-0.2, -0.15) is 0 Å². The molecule has 0 unspecified atom stereocenters. The van der Waals surface area contributed by atoms with Crippen LogP contribution in [0.5, 0.6) is 0 Å². The second-order valence-corrected chi connectivity index (χ2v) is 4.31. The van der Waals surface area contributed by atoms with Crippen molar-refractivity contribution in [2.75, 3.05) is 46.3 Å². The summed E-state index contributed by atoms with van der Waals surface area (Å²) in [7, 11) is 3.23. The van der Waals surface area contributed by atoms with E-state index in [9.17, 15) is 4.79 Å². The number of nitrogen functional groups attached to an aromatic ring is 1. The molecule has 5 heteroatoms. The molecule has 0 saturated heterocycles. The van der Waals surface area contributed by atoms with E-state index in [-0.39, 0.29) is 5.91 Å². The summed E-state index contributed by atoms with van der Waals surface area (Å²) in [6, 6.07) is 7.38. The number of hydrogen-bond acceptors (Lipinski definition) is 4. The number of methoxy groups -OCH3 is 2. The first-order valence-electron chi connectivity index (χ1n) is 6.47. The Balaban J connectivity index is 2.63. The van der Waals surface area contributed by atoms with Gasteiger partial charge >= 0.3 is 0 Å². The minimum atomic E-state index is -0.0680. The summed E-state index contributed by atoms with van der Waals surface area (Å²) in [6.45, 7) is 2.09. The maximum atomic E-state index is 12.1. The molecule has 0 fully saturated rings. The molecule has 0 aliphatic heterocycles. The Hall–Kier alpha value is -1.85. The van der Waals surface area contributed by atoms with Crippen LogP contribution in [0.15, 0.2) is 30.3 Å². The number of hydrogen-bond donors (Lipinski definition) is 1. The van der Waals surface area contributed by atoms with Gasteiger partial charge in [0, 0.05) is 39.1 Å². The third-order valence-electron chi connectivity index (χ3n) is 2.77. The van der Waals surface area contributed by atoms with Crippen LogP contribution in [0.3, 0.4) is 0 Å². The molecule has 0 atom stereocenters. The fraction of sp³-hybridized carbons (Fsp3) is 0.400. The van der Waals surface area contributed by atoms with Crippen molar-refractivity contribution in [3.05, 3.63) is 35.9 Å². The average Bonchev–Trinajstić information content (AvgIpc) is 2.45. The van der Waals surface area contributed by atoms with E-state index in [1.54, 1.807) is 31.3 Å². The van der Waals surface area contributed by atoms with Crippen LogP contribution in [0.1, 0.15) is 5.56 Å². The number of nitrogens with two attached hydrogens (primary N) is 1. The molecule has 20 heavy (non-hydrogen) atoms. The Bertz CT molecular complexity index is 438. The maximum Gasteiger partial charge on any atom is 0.246 e. The molecule has 110 valence electrons. The van der Waals surface area contributed by atoms with Crippen molar-refractivity contribution in [1.82, 2.24) is 4.90 Å². The van der Waals surface area contributed by atoms with Gasteiger partial charge in [0.05, 0.1) is 13.2 Å². The maximum absolute atomic E-state index is 12.1. The lowest BCUT2D eigenvalue weighted by atomic mass is 10.2. The van der Waals surface area contributed by atoms with Crippen LogP contribution in [0.25, 0.3) is 6.08 Å². The van der Waals surface area contributed by atoms with Crippen LogP contribution >= 0.6 is 0 Å². The number of anilines is 1. The Morgan fingerprint density at radius 1 is 1.25 bits per heavy atom. The molecule has 1 amide bonds. The summed E-state index contributed by atoms with van der Waals surface area (Å²) in [5, 5.41) is 0. The lowest BCUT2D eigenvalue weighted by molar-refractivity contribution is -0.127. The highest BCUT2D eigenvalue weighted by molar-refractivity contribution is 5.91. The molecule has 0 spiro atoms. The molecule has 0 aliphatic carbocycles. The second kappa shape index (κ2) is 9.12. The number of carbonyl (C=O) groups is 1. The summed E-state index contributed by atoms with van der Waals surface area (Å²) < 4.78 is 10.0. The number of ether oxygens (including phenoxy) is 2. The lowest BCUT2D eigenvalue weighted by Crippen LogP contribution is -2.35. The summed E-state index contributed by atoms with van der Waals surface area (Å²) in [4.78, 5) is 13.8. The fourth-order valence-electron chi connectivity index (χ4n) is 1.67. The minimum absolute atomic E-state index is 0.0680. The van der Waals surface area contributed by atoms with E-state index in [0.717, 1.165) is 5.56 Å². The molecule has 0 heterocycles.